The summed E-state index contributed by atoms with van der Waals surface area (Å²) in [6.07, 6.45) is -0.715. The summed E-state index contributed by atoms with van der Waals surface area (Å²) in [4.78, 5) is 0. The molecule has 4 heteroatoms. The van der Waals surface area contributed by atoms with Gasteiger partial charge >= 0.3 is 0 Å². The first kappa shape index (κ1) is 13.1. The van der Waals surface area contributed by atoms with Crippen molar-refractivity contribution >= 4 is 43.5 Å². The number of hydrogen-bond acceptors (Lipinski definition) is 1. The third kappa shape index (κ3) is 2.91. The van der Waals surface area contributed by atoms with E-state index in [1.54, 1.807) is 0 Å². The van der Waals surface area contributed by atoms with Gasteiger partial charge in [0.2, 0.25) is 0 Å². The zero-order valence-corrected chi connectivity index (χ0v) is 12.6. The molecule has 0 bridgehead atoms. The zero-order chi connectivity index (χ0) is 12.4. The molecule has 0 radical (unpaired) electrons. The summed E-state index contributed by atoms with van der Waals surface area (Å²) in [6, 6.07) is 13.0. The average Bonchev–Trinajstić information content (AvgIpc) is 2.33. The normalized spacial score (nSPS) is 12.5. The Kier molecular flexibility index (Phi) is 4.26. The quantitative estimate of drug-likeness (QED) is 0.787. The number of aliphatic hydroxyl groups excluding tert-OH is 1. The highest BCUT2D eigenvalue weighted by atomic mass is 79.9. The summed E-state index contributed by atoms with van der Waals surface area (Å²) in [5.41, 5.74) is 1.51. The van der Waals surface area contributed by atoms with Crippen LogP contribution in [0.2, 0.25) is 5.02 Å². The van der Waals surface area contributed by atoms with E-state index in [0.717, 1.165) is 14.5 Å². The average molecular weight is 376 g/mol. The molecular weight excluding hydrogens is 367 g/mol. The molecule has 0 fully saturated rings. The fourth-order valence-electron chi connectivity index (χ4n) is 1.56. The van der Waals surface area contributed by atoms with Crippen molar-refractivity contribution in [2.75, 3.05) is 0 Å². The first-order valence-corrected chi connectivity index (χ1v) is 6.93. The molecule has 88 valence electrons. The van der Waals surface area contributed by atoms with Crippen molar-refractivity contribution < 1.29 is 5.11 Å². The van der Waals surface area contributed by atoms with Crippen LogP contribution in [0.3, 0.4) is 0 Å². The van der Waals surface area contributed by atoms with Crippen molar-refractivity contribution in [1.29, 1.82) is 0 Å². The molecule has 0 saturated heterocycles. The first-order chi connectivity index (χ1) is 8.09. The largest absolute Gasteiger partial charge is 0.384 e. The number of benzene rings is 2. The van der Waals surface area contributed by atoms with Crippen LogP contribution >= 0.6 is 43.5 Å². The third-order valence-corrected chi connectivity index (χ3v) is 4.30. The molecule has 0 aliphatic carbocycles. The van der Waals surface area contributed by atoms with Crippen molar-refractivity contribution in [1.82, 2.24) is 0 Å². The van der Waals surface area contributed by atoms with Gasteiger partial charge in [-0.3, -0.25) is 0 Å². The van der Waals surface area contributed by atoms with Crippen molar-refractivity contribution in [3.05, 3.63) is 67.6 Å². The number of halogens is 3. The maximum absolute atomic E-state index is 10.3. The molecule has 17 heavy (non-hydrogen) atoms. The first-order valence-electron chi connectivity index (χ1n) is 4.97. The van der Waals surface area contributed by atoms with E-state index >= 15 is 0 Å². The van der Waals surface area contributed by atoms with Crippen molar-refractivity contribution in [3.63, 3.8) is 0 Å². The molecule has 2 aromatic carbocycles. The fourth-order valence-corrected chi connectivity index (χ4v) is 2.43. The number of hydrogen-bond donors (Lipinski definition) is 1. The summed E-state index contributed by atoms with van der Waals surface area (Å²) < 4.78 is 1.77. The van der Waals surface area contributed by atoms with Crippen LogP contribution in [0, 0.1) is 0 Å². The van der Waals surface area contributed by atoms with Crippen LogP contribution in [0.25, 0.3) is 0 Å². The standard InChI is InChI=1S/C13H9Br2ClO/c14-9-6-4-8(5-7-9)13(17)10-2-1-3-11(15)12(10)16/h1-7,13,17H. The molecule has 0 aromatic heterocycles. The topological polar surface area (TPSA) is 20.2 Å². The Bertz CT molecular complexity index is 525. The van der Waals surface area contributed by atoms with Gasteiger partial charge in [-0.2, -0.15) is 0 Å². The van der Waals surface area contributed by atoms with Gasteiger partial charge in [-0.05, 0) is 39.7 Å². The van der Waals surface area contributed by atoms with E-state index in [4.69, 9.17) is 11.6 Å². The molecule has 1 N–H and O–H groups in total. The monoisotopic (exact) mass is 374 g/mol. The second-order valence-electron chi connectivity index (χ2n) is 3.60. The van der Waals surface area contributed by atoms with Gasteiger partial charge in [-0.1, -0.05) is 51.8 Å². The lowest BCUT2D eigenvalue weighted by Gasteiger charge is -2.14. The summed E-state index contributed by atoms with van der Waals surface area (Å²) in [5.74, 6) is 0. The molecule has 1 unspecified atom stereocenters. The predicted molar refractivity (Wildman–Crippen MR) is 77.4 cm³/mol. The lowest BCUT2D eigenvalue weighted by molar-refractivity contribution is 0.220. The van der Waals surface area contributed by atoms with Gasteiger partial charge in [-0.15, -0.1) is 0 Å². The molecule has 0 aliphatic heterocycles. The summed E-state index contributed by atoms with van der Waals surface area (Å²) in [7, 11) is 0. The molecule has 0 heterocycles. The maximum Gasteiger partial charge on any atom is 0.106 e. The van der Waals surface area contributed by atoms with E-state index in [2.05, 4.69) is 31.9 Å². The Balaban J connectivity index is 2.40. The Morgan fingerprint density at radius 1 is 1.00 bits per heavy atom. The predicted octanol–water partition coefficient (Wildman–Crippen LogP) is 4.95. The number of rotatable bonds is 2. The van der Waals surface area contributed by atoms with E-state index < -0.39 is 6.10 Å². The summed E-state index contributed by atoms with van der Waals surface area (Å²) in [6.45, 7) is 0. The van der Waals surface area contributed by atoms with E-state index in [0.29, 0.717) is 10.6 Å². The molecule has 1 nitrogen and oxygen atoms in total. The fraction of sp³-hybridized carbons (Fsp3) is 0.0769. The highest BCUT2D eigenvalue weighted by molar-refractivity contribution is 9.10. The maximum atomic E-state index is 10.3. The van der Waals surface area contributed by atoms with Crippen LogP contribution in [0.4, 0.5) is 0 Å². The minimum Gasteiger partial charge on any atom is -0.384 e. The van der Waals surface area contributed by atoms with E-state index in [1.165, 1.54) is 0 Å². The van der Waals surface area contributed by atoms with Crippen molar-refractivity contribution in [2.24, 2.45) is 0 Å². The van der Waals surface area contributed by atoms with E-state index in [1.807, 2.05) is 42.5 Å². The molecular formula is C13H9Br2ClO. The number of aliphatic hydroxyl groups is 1. The summed E-state index contributed by atoms with van der Waals surface area (Å²) in [5, 5.41) is 10.8. The van der Waals surface area contributed by atoms with Crippen LogP contribution in [0.1, 0.15) is 17.2 Å². The lowest BCUT2D eigenvalue weighted by Crippen LogP contribution is -2.00. The zero-order valence-electron chi connectivity index (χ0n) is 8.70. The highest BCUT2D eigenvalue weighted by Gasteiger charge is 2.15. The Labute approximate surface area is 122 Å². The third-order valence-electron chi connectivity index (χ3n) is 2.46. The molecule has 2 aromatic rings. The highest BCUT2D eigenvalue weighted by Crippen LogP contribution is 2.33. The van der Waals surface area contributed by atoms with Gasteiger partial charge in [0.1, 0.15) is 6.10 Å². The Morgan fingerprint density at radius 3 is 2.29 bits per heavy atom. The Hall–Kier alpha value is -0.350. The van der Waals surface area contributed by atoms with E-state index in [9.17, 15) is 5.11 Å². The smallest absolute Gasteiger partial charge is 0.106 e. The lowest BCUT2D eigenvalue weighted by atomic mass is 10.0. The van der Waals surface area contributed by atoms with Crippen molar-refractivity contribution in [2.45, 2.75) is 6.10 Å². The van der Waals surface area contributed by atoms with Gasteiger partial charge < -0.3 is 5.11 Å². The SMILES string of the molecule is OC(c1ccc(Br)cc1)c1cccc(Br)c1Cl. The molecule has 0 spiro atoms. The Morgan fingerprint density at radius 2 is 1.65 bits per heavy atom. The minimum atomic E-state index is -0.715. The van der Waals surface area contributed by atoms with Gasteiger partial charge in [0.25, 0.3) is 0 Å². The molecule has 0 amide bonds. The molecule has 2 rings (SSSR count). The second kappa shape index (κ2) is 5.53. The van der Waals surface area contributed by atoms with Crippen LogP contribution < -0.4 is 0 Å². The van der Waals surface area contributed by atoms with Gasteiger partial charge in [0.05, 0.1) is 5.02 Å². The minimum absolute atomic E-state index is 0.544. The summed E-state index contributed by atoms with van der Waals surface area (Å²) >= 11 is 12.9. The van der Waals surface area contributed by atoms with Gasteiger partial charge in [0.15, 0.2) is 0 Å². The second-order valence-corrected chi connectivity index (χ2v) is 5.75. The molecule has 1 atom stereocenters. The van der Waals surface area contributed by atoms with Crippen LogP contribution in [-0.4, -0.2) is 5.11 Å². The van der Waals surface area contributed by atoms with Crippen molar-refractivity contribution in [3.8, 4) is 0 Å². The van der Waals surface area contributed by atoms with Gasteiger partial charge in [-0.25, -0.2) is 0 Å². The van der Waals surface area contributed by atoms with Gasteiger partial charge in [0, 0.05) is 14.5 Å². The molecule has 0 saturated carbocycles. The van der Waals surface area contributed by atoms with Crippen LogP contribution in [0.5, 0.6) is 0 Å². The molecule has 0 aliphatic rings. The van der Waals surface area contributed by atoms with Crippen LogP contribution in [0.15, 0.2) is 51.4 Å². The van der Waals surface area contributed by atoms with E-state index in [-0.39, 0.29) is 0 Å². The van der Waals surface area contributed by atoms with Crippen LogP contribution in [-0.2, 0) is 0 Å².